The van der Waals surface area contributed by atoms with Crippen molar-refractivity contribution in [2.75, 3.05) is 13.2 Å². The van der Waals surface area contributed by atoms with Crippen LogP contribution in [0.2, 0.25) is 5.04 Å². The molecule has 256 valence electrons. The standard InChI is InChI=1S/C37H41N3O8Si/c1-25-21-39(34(43)38-32(25)42)33-30(47-26(2)41)31-37(48-33,23-40(31)35(44)45-22-27-15-9-6-10-16-27)24-46-49(36(3,4)5,28-17-11-7-12-18-28)29-19-13-8-14-20-29/h6-21,30-31,33H,22-24H2,1-5H3,(H,38,42,43)/t30-,31?,33-,37-/m1/s1. The first-order chi connectivity index (χ1) is 23.4. The molecule has 0 bridgehead atoms. The van der Waals surface area contributed by atoms with Gasteiger partial charge in [0.15, 0.2) is 12.3 Å². The summed E-state index contributed by atoms with van der Waals surface area (Å²) in [6.45, 7) is 9.39. The molecule has 2 aliphatic heterocycles. The molecule has 0 radical (unpaired) electrons. The summed E-state index contributed by atoms with van der Waals surface area (Å²) in [4.78, 5) is 55.6. The van der Waals surface area contributed by atoms with E-state index in [1.165, 1.54) is 22.6 Å². The van der Waals surface area contributed by atoms with Crippen LogP contribution in [0.4, 0.5) is 4.79 Å². The van der Waals surface area contributed by atoms with Crippen LogP contribution in [-0.4, -0.2) is 65.7 Å². The van der Waals surface area contributed by atoms with Gasteiger partial charge in [0.05, 0.1) is 13.2 Å². The zero-order chi connectivity index (χ0) is 35.0. The van der Waals surface area contributed by atoms with Crippen molar-refractivity contribution in [2.24, 2.45) is 0 Å². The van der Waals surface area contributed by atoms with Crippen LogP contribution in [-0.2, 0) is 30.0 Å². The normalized spacial score (nSPS) is 21.8. The smallest absolute Gasteiger partial charge is 0.410 e. The Labute approximate surface area is 285 Å². The van der Waals surface area contributed by atoms with Gasteiger partial charge in [0.1, 0.15) is 18.2 Å². The van der Waals surface area contributed by atoms with Gasteiger partial charge in [-0.1, -0.05) is 112 Å². The van der Waals surface area contributed by atoms with Gasteiger partial charge >= 0.3 is 17.8 Å². The van der Waals surface area contributed by atoms with E-state index in [1.807, 2.05) is 66.7 Å². The number of nitrogens with zero attached hydrogens (tertiary/aromatic N) is 2. The zero-order valence-electron chi connectivity index (χ0n) is 28.3. The predicted molar refractivity (Wildman–Crippen MR) is 185 cm³/mol. The van der Waals surface area contributed by atoms with Crippen molar-refractivity contribution in [3.05, 3.63) is 129 Å². The van der Waals surface area contributed by atoms with Crippen molar-refractivity contribution in [2.45, 2.75) is 70.2 Å². The number of aryl methyl sites for hydroxylation is 1. The van der Waals surface area contributed by atoms with E-state index in [0.717, 1.165) is 15.9 Å². The van der Waals surface area contributed by atoms with Gasteiger partial charge in [0.25, 0.3) is 13.9 Å². The quantitative estimate of drug-likeness (QED) is 0.209. The predicted octanol–water partition coefficient (Wildman–Crippen LogP) is 3.64. The summed E-state index contributed by atoms with van der Waals surface area (Å²) >= 11 is 0. The molecule has 12 heteroatoms. The van der Waals surface area contributed by atoms with Crippen LogP contribution < -0.4 is 21.6 Å². The Morgan fingerprint density at radius 3 is 2.06 bits per heavy atom. The van der Waals surface area contributed by atoms with Gasteiger partial charge in [-0.2, -0.15) is 0 Å². The minimum atomic E-state index is -3.09. The number of esters is 1. The molecule has 11 nitrogen and oxygen atoms in total. The van der Waals surface area contributed by atoms with Gasteiger partial charge in [-0.3, -0.25) is 24.0 Å². The number of fused-ring (bicyclic) bond motifs is 1. The van der Waals surface area contributed by atoms with Gasteiger partial charge in [-0.25, -0.2) is 9.59 Å². The molecule has 2 fully saturated rings. The number of likely N-dealkylation sites (tertiary alicyclic amines) is 1. The molecular formula is C37H41N3O8Si. The average Bonchev–Trinajstić information content (AvgIpc) is 3.29. The molecule has 2 aliphatic rings. The first-order valence-corrected chi connectivity index (χ1v) is 18.2. The molecule has 0 spiro atoms. The van der Waals surface area contributed by atoms with Crippen LogP contribution in [0.1, 0.15) is 45.0 Å². The Balaban J connectivity index is 1.43. The summed E-state index contributed by atoms with van der Waals surface area (Å²) in [6, 6.07) is 28.7. The highest BCUT2D eigenvalue weighted by Crippen LogP contribution is 2.50. The maximum Gasteiger partial charge on any atom is 0.410 e. The number of rotatable bonds is 9. The number of benzene rings is 3. The van der Waals surface area contributed by atoms with Crippen molar-refractivity contribution in [3.8, 4) is 0 Å². The van der Waals surface area contributed by atoms with E-state index in [2.05, 4.69) is 50.0 Å². The fourth-order valence-electron chi connectivity index (χ4n) is 7.14. The monoisotopic (exact) mass is 683 g/mol. The lowest BCUT2D eigenvalue weighted by atomic mass is 9.83. The Morgan fingerprint density at radius 2 is 1.51 bits per heavy atom. The third kappa shape index (κ3) is 6.27. The second-order valence-corrected chi connectivity index (χ2v) is 18.0. The van der Waals surface area contributed by atoms with E-state index in [9.17, 15) is 19.2 Å². The second-order valence-electron chi connectivity index (χ2n) is 13.7. The molecule has 4 atom stereocenters. The summed E-state index contributed by atoms with van der Waals surface area (Å²) in [5.41, 5.74) is -1.40. The number of aromatic nitrogens is 2. The number of hydrogen-bond donors (Lipinski definition) is 1. The van der Waals surface area contributed by atoms with Crippen LogP contribution in [0, 0.1) is 6.92 Å². The molecule has 1 aromatic heterocycles. The summed E-state index contributed by atoms with van der Waals surface area (Å²) in [5, 5.41) is 1.75. The fraction of sp³-hybridized carbons (Fsp3) is 0.351. The Bertz CT molecular complexity index is 1890. The van der Waals surface area contributed by atoms with Crippen molar-refractivity contribution >= 4 is 30.8 Å². The third-order valence-electron chi connectivity index (χ3n) is 9.37. The molecule has 1 N–H and O–H groups in total. The first kappa shape index (κ1) is 34.1. The number of hydrogen-bond acceptors (Lipinski definition) is 8. The summed E-state index contributed by atoms with van der Waals surface area (Å²) in [7, 11) is -3.09. The molecule has 0 saturated carbocycles. The molecule has 49 heavy (non-hydrogen) atoms. The van der Waals surface area contributed by atoms with Gasteiger partial charge in [-0.05, 0) is 27.9 Å². The number of nitrogens with one attached hydrogen (secondary N) is 1. The molecule has 0 aliphatic carbocycles. The SMILES string of the molecule is CC(=O)O[C@@H]1C2N(C(=O)OCc3ccccc3)C[C@]2(CO[Si](c2ccccc2)(c2ccccc2)C(C)(C)C)O[C@H]1n1cc(C)c(=O)[nH]c1=O. The maximum absolute atomic E-state index is 13.7. The largest absolute Gasteiger partial charge is 0.455 e. The van der Waals surface area contributed by atoms with E-state index < -0.39 is 55.6 Å². The molecule has 1 amide bonds. The lowest BCUT2D eigenvalue weighted by molar-refractivity contribution is -0.170. The van der Waals surface area contributed by atoms with Crippen LogP contribution in [0.25, 0.3) is 0 Å². The molecule has 2 saturated heterocycles. The maximum atomic E-state index is 13.7. The highest BCUT2D eigenvalue weighted by molar-refractivity contribution is 6.99. The molecule has 1 unspecified atom stereocenters. The highest BCUT2D eigenvalue weighted by Gasteiger charge is 2.70. The number of carbonyl (C=O) groups excluding carboxylic acids is 2. The Kier molecular flexibility index (Phi) is 9.23. The number of ether oxygens (including phenoxy) is 3. The summed E-state index contributed by atoms with van der Waals surface area (Å²) in [6.07, 6.45) is -1.55. The first-order valence-electron chi connectivity index (χ1n) is 16.3. The van der Waals surface area contributed by atoms with Crippen molar-refractivity contribution < 1.29 is 28.2 Å². The third-order valence-corrected chi connectivity index (χ3v) is 14.4. The number of H-pyrrole nitrogens is 1. The summed E-state index contributed by atoms with van der Waals surface area (Å²) in [5.74, 6) is -0.624. The lowest BCUT2D eigenvalue weighted by Crippen LogP contribution is -2.76. The van der Waals surface area contributed by atoms with Gasteiger partial charge < -0.3 is 18.6 Å². The molecule has 4 aromatic rings. The highest BCUT2D eigenvalue weighted by atomic mass is 28.4. The van der Waals surface area contributed by atoms with Crippen LogP contribution in [0.15, 0.2) is 107 Å². The van der Waals surface area contributed by atoms with Crippen LogP contribution in [0.3, 0.4) is 0 Å². The van der Waals surface area contributed by atoms with E-state index in [4.69, 9.17) is 18.6 Å². The van der Waals surface area contributed by atoms with Crippen molar-refractivity contribution in [3.63, 3.8) is 0 Å². The van der Waals surface area contributed by atoms with Gasteiger partial charge in [0.2, 0.25) is 0 Å². The lowest BCUT2D eigenvalue weighted by Gasteiger charge is -2.53. The van der Waals surface area contributed by atoms with Crippen LogP contribution in [0.5, 0.6) is 0 Å². The second kappa shape index (κ2) is 13.3. The van der Waals surface area contributed by atoms with Crippen molar-refractivity contribution in [1.29, 1.82) is 0 Å². The van der Waals surface area contributed by atoms with Crippen molar-refractivity contribution in [1.82, 2.24) is 14.5 Å². The molecule has 3 heterocycles. The minimum absolute atomic E-state index is 0.0127. The van der Waals surface area contributed by atoms with E-state index in [1.54, 1.807) is 6.92 Å². The van der Waals surface area contributed by atoms with Gasteiger partial charge in [-0.15, -0.1) is 0 Å². The van der Waals surface area contributed by atoms with E-state index >= 15 is 0 Å². The molecular weight excluding hydrogens is 643 g/mol. The van der Waals surface area contributed by atoms with Crippen LogP contribution >= 0.6 is 0 Å². The average molecular weight is 684 g/mol. The minimum Gasteiger partial charge on any atom is -0.455 e. The topological polar surface area (TPSA) is 129 Å². The number of carbonyl (C=O) groups is 2. The number of amides is 1. The van der Waals surface area contributed by atoms with Gasteiger partial charge in [0, 0.05) is 18.7 Å². The molecule has 3 aromatic carbocycles. The Morgan fingerprint density at radius 1 is 0.939 bits per heavy atom. The molecule has 6 rings (SSSR count). The fourth-order valence-corrected chi connectivity index (χ4v) is 11.8. The Hall–Kier alpha value is -4.78. The summed E-state index contributed by atoms with van der Waals surface area (Å²) < 4.78 is 26.8. The van der Waals surface area contributed by atoms with E-state index in [-0.39, 0.29) is 30.4 Å². The van der Waals surface area contributed by atoms with E-state index in [0.29, 0.717) is 0 Å². The number of aromatic amines is 1. The zero-order valence-corrected chi connectivity index (χ0v) is 29.3.